The Labute approximate surface area is 203 Å². The molecule has 0 bridgehead atoms. The fraction of sp³-hybridized carbons (Fsp3) is 0.379. The van der Waals surface area contributed by atoms with E-state index in [9.17, 15) is 4.79 Å². The number of hydrogen-bond donors (Lipinski definition) is 0. The summed E-state index contributed by atoms with van der Waals surface area (Å²) in [5.41, 5.74) is 4.80. The molecule has 178 valence electrons. The number of amides is 1. The molecule has 34 heavy (non-hydrogen) atoms. The number of piperidine rings is 1. The first kappa shape index (κ1) is 24.0. The van der Waals surface area contributed by atoms with Gasteiger partial charge in [0.2, 0.25) is 5.91 Å². The van der Waals surface area contributed by atoms with Crippen molar-refractivity contribution in [3.8, 4) is 0 Å². The lowest BCUT2D eigenvalue weighted by molar-refractivity contribution is -0.127. The van der Waals surface area contributed by atoms with Crippen LogP contribution >= 0.6 is 0 Å². The molecule has 5 nitrogen and oxygen atoms in total. The van der Waals surface area contributed by atoms with Crippen molar-refractivity contribution in [1.82, 2.24) is 19.6 Å². The summed E-state index contributed by atoms with van der Waals surface area (Å²) in [5, 5.41) is 4.53. The summed E-state index contributed by atoms with van der Waals surface area (Å²) in [7, 11) is 4.22. The number of nitrogens with zero attached hydrogens (tertiary/aromatic N) is 4. The highest BCUT2D eigenvalue weighted by atomic mass is 16.2. The average Bonchev–Trinajstić information content (AvgIpc) is 3.18. The van der Waals surface area contributed by atoms with Crippen molar-refractivity contribution < 1.29 is 4.79 Å². The molecule has 1 aliphatic rings. The van der Waals surface area contributed by atoms with Crippen molar-refractivity contribution in [2.45, 2.75) is 38.8 Å². The van der Waals surface area contributed by atoms with E-state index in [0.29, 0.717) is 12.0 Å². The number of likely N-dealkylation sites (tertiary alicyclic amines) is 1. The molecule has 0 spiro atoms. The van der Waals surface area contributed by atoms with Gasteiger partial charge in [0.25, 0.3) is 0 Å². The van der Waals surface area contributed by atoms with Crippen LogP contribution in [-0.2, 0) is 24.8 Å². The lowest BCUT2D eigenvalue weighted by atomic mass is 9.84. The molecule has 2 heterocycles. The average molecular weight is 457 g/mol. The molecule has 0 aliphatic carbocycles. The number of benzene rings is 2. The molecular formula is C29H36N4O. The van der Waals surface area contributed by atoms with Crippen molar-refractivity contribution in [1.29, 1.82) is 0 Å². The van der Waals surface area contributed by atoms with E-state index in [4.69, 9.17) is 0 Å². The van der Waals surface area contributed by atoms with Gasteiger partial charge in [-0.05, 0) is 56.4 Å². The Hall–Kier alpha value is -3.18. The van der Waals surface area contributed by atoms with Crippen molar-refractivity contribution in [2.75, 3.05) is 20.1 Å². The van der Waals surface area contributed by atoms with E-state index in [0.717, 1.165) is 50.2 Å². The normalized spacial score (nSPS) is 15.8. The minimum absolute atomic E-state index is 0.112. The SMILES string of the molecule is Cc1nn(C)cc1CN(C)C(Cc1ccccc1)C1CCN(C(=O)C=Cc2ccccc2)CC1. The maximum Gasteiger partial charge on any atom is 0.246 e. The number of aromatic nitrogens is 2. The van der Waals surface area contributed by atoms with Crippen LogP contribution in [0.3, 0.4) is 0 Å². The second-order valence-electron chi connectivity index (χ2n) is 9.49. The van der Waals surface area contributed by atoms with Crippen LogP contribution in [0.4, 0.5) is 0 Å². The van der Waals surface area contributed by atoms with Crippen LogP contribution < -0.4 is 0 Å². The molecule has 1 atom stereocenters. The predicted octanol–water partition coefficient (Wildman–Crippen LogP) is 4.72. The van der Waals surface area contributed by atoms with Crippen LogP contribution in [-0.4, -0.2) is 51.7 Å². The van der Waals surface area contributed by atoms with Gasteiger partial charge in [-0.2, -0.15) is 5.10 Å². The van der Waals surface area contributed by atoms with Crippen molar-refractivity contribution in [3.63, 3.8) is 0 Å². The fourth-order valence-corrected chi connectivity index (χ4v) is 5.07. The van der Waals surface area contributed by atoms with Crippen LogP contribution in [0.25, 0.3) is 6.08 Å². The molecule has 1 aromatic heterocycles. The van der Waals surface area contributed by atoms with E-state index >= 15 is 0 Å². The van der Waals surface area contributed by atoms with Crippen LogP contribution in [0.15, 0.2) is 72.9 Å². The maximum atomic E-state index is 12.8. The summed E-state index contributed by atoms with van der Waals surface area (Å²) >= 11 is 0. The molecule has 1 unspecified atom stereocenters. The standard InChI is InChI=1S/C29H36N4O/c1-23-27(22-32(3)30-23)21-31(2)28(20-25-12-8-5-9-13-25)26-16-18-33(19-17-26)29(34)15-14-24-10-6-4-7-11-24/h4-15,22,26,28H,16-21H2,1-3H3. The van der Waals surface area contributed by atoms with Crippen LogP contribution in [0.1, 0.15) is 35.2 Å². The smallest absolute Gasteiger partial charge is 0.246 e. The minimum atomic E-state index is 0.112. The first-order valence-corrected chi connectivity index (χ1v) is 12.2. The molecule has 1 aliphatic heterocycles. The maximum absolute atomic E-state index is 12.8. The third-order valence-electron chi connectivity index (χ3n) is 7.00. The molecule has 4 rings (SSSR count). The number of hydrogen-bond acceptors (Lipinski definition) is 3. The number of likely N-dealkylation sites (N-methyl/N-ethyl adjacent to an activating group) is 1. The lowest BCUT2D eigenvalue weighted by Crippen LogP contribution is -2.46. The van der Waals surface area contributed by atoms with Gasteiger partial charge in [0.05, 0.1) is 5.69 Å². The Morgan fingerprint density at radius 1 is 1.09 bits per heavy atom. The highest BCUT2D eigenvalue weighted by molar-refractivity contribution is 5.91. The van der Waals surface area contributed by atoms with Gasteiger partial charge in [0, 0.05) is 50.6 Å². The molecule has 1 fully saturated rings. The Balaban J connectivity index is 1.41. The second kappa shape index (κ2) is 11.3. The Kier molecular flexibility index (Phi) is 7.96. The number of rotatable bonds is 8. The number of carbonyl (C=O) groups excluding carboxylic acids is 1. The van der Waals surface area contributed by atoms with Gasteiger partial charge < -0.3 is 4.90 Å². The molecule has 0 N–H and O–H groups in total. The van der Waals surface area contributed by atoms with E-state index < -0.39 is 0 Å². The van der Waals surface area contributed by atoms with Crippen molar-refractivity contribution >= 4 is 12.0 Å². The first-order valence-electron chi connectivity index (χ1n) is 12.2. The largest absolute Gasteiger partial charge is 0.339 e. The van der Waals surface area contributed by atoms with Gasteiger partial charge in [-0.25, -0.2) is 0 Å². The lowest BCUT2D eigenvalue weighted by Gasteiger charge is -2.40. The van der Waals surface area contributed by atoms with Gasteiger partial charge >= 0.3 is 0 Å². The molecule has 0 saturated carbocycles. The van der Waals surface area contributed by atoms with Gasteiger partial charge in [0.1, 0.15) is 0 Å². The molecule has 0 radical (unpaired) electrons. The Morgan fingerprint density at radius 2 is 1.74 bits per heavy atom. The summed E-state index contributed by atoms with van der Waals surface area (Å²) in [4.78, 5) is 17.3. The molecule has 5 heteroatoms. The zero-order valence-corrected chi connectivity index (χ0v) is 20.6. The molecule has 1 amide bonds. The molecular weight excluding hydrogens is 420 g/mol. The fourth-order valence-electron chi connectivity index (χ4n) is 5.07. The summed E-state index contributed by atoms with van der Waals surface area (Å²) in [6.07, 6.45) is 8.83. The summed E-state index contributed by atoms with van der Waals surface area (Å²) in [5.74, 6) is 0.658. The van der Waals surface area contributed by atoms with Crippen LogP contribution in [0.2, 0.25) is 0 Å². The van der Waals surface area contributed by atoms with Crippen LogP contribution in [0.5, 0.6) is 0 Å². The highest BCUT2D eigenvalue weighted by Crippen LogP contribution is 2.28. The number of aryl methyl sites for hydroxylation is 2. The van der Waals surface area contributed by atoms with Gasteiger partial charge in [-0.1, -0.05) is 60.7 Å². The molecule has 1 saturated heterocycles. The van der Waals surface area contributed by atoms with Gasteiger partial charge in [-0.15, -0.1) is 0 Å². The Morgan fingerprint density at radius 3 is 2.35 bits per heavy atom. The molecule has 2 aromatic carbocycles. The van der Waals surface area contributed by atoms with E-state index in [2.05, 4.69) is 60.5 Å². The monoisotopic (exact) mass is 456 g/mol. The first-order chi connectivity index (χ1) is 16.5. The van der Waals surface area contributed by atoms with E-state index in [1.807, 2.05) is 53.0 Å². The topological polar surface area (TPSA) is 41.4 Å². The summed E-state index contributed by atoms with van der Waals surface area (Å²) < 4.78 is 1.90. The second-order valence-corrected chi connectivity index (χ2v) is 9.49. The minimum Gasteiger partial charge on any atom is -0.339 e. The Bertz CT molecular complexity index is 1080. The quantitative estimate of drug-likeness (QED) is 0.461. The summed E-state index contributed by atoms with van der Waals surface area (Å²) in [6.45, 7) is 4.60. The number of carbonyl (C=O) groups is 1. The third-order valence-corrected chi connectivity index (χ3v) is 7.00. The van der Waals surface area contributed by atoms with Crippen LogP contribution in [0, 0.1) is 12.8 Å². The third kappa shape index (κ3) is 6.23. The molecule has 3 aromatic rings. The van der Waals surface area contributed by atoms with E-state index in [1.54, 1.807) is 6.08 Å². The highest BCUT2D eigenvalue weighted by Gasteiger charge is 2.30. The van der Waals surface area contributed by atoms with Crippen molar-refractivity contribution in [2.24, 2.45) is 13.0 Å². The summed E-state index contributed by atoms with van der Waals surface area (Å²) in [6, 6.07) is 21.2. The van der Waals surface area contributed by atoms with E-state index in [1.165, 1.54) is 11.1 Å². The van der Waals surface area contributed by atoms with E-state index in [-0.39, 0.29) is 5.91 Å². The van der Waals surface area contributed by atoms with Crippen molar-refractivity contribution in [3.05, 3.63) is 95.3 Å². The predicted molar refractivity (Wildman–Crippen MR) is 138 cm³/mol. The zero-order valence-electron chi connectivity index (χ0n) is 20.6. The van der Waals surface area contributed by atoms with Gasteiger partial charge in [0.15, 0.2) is 0 Å². The zero-order chi connectivity index (χ0) is 23.9. The van der Waals surface area contributed by atoms with Gasteiger partial charge in [-0.3, -0.25) is 14.4 Å².